The van der Waals surface area contributed by atoms with Crippen molar-refractivity contribution in [3.63, 3.8) is 0 Å². The molecule has 18 heavy (non-hydrogen) atoms. The first-order valence-electron chi connectivity index (χ1n) is 6.99. The molecule has 0 aliphatic carbocycles. The Hall–Kier alpha value is -0.560. The van der Waals surface area contributed by atoms with Crippen molar-refractivity contribution >= 4 is 0 Å². The number of hydrogen-bond donors (Lipinski definition) is 0. The number of morpholine rings is 1. The third kappa shape index (κ3) is 3.98. The van der Waals surface area contributed by atoms with Crippen molar-refractivity contribution in [2.75, 3.05) is 32.8 Å². The van der Waals surface area contributed by atoms with E-state index in [1.807, 2.05) is 0 Å². The molecule has 0 N–H and O–H groups in total. The van der Waals surface area contributed by atoms with Crippen LogP contribution in [0.4, 0.5) is 0 Å². The molecule has 2 aliphatic heterocycles. The van der Waals surface area contributed by atoms with E-state index in [0.29, 0.717) is 0 Å². The zero-order chi connectivity index (χ0) is 13.1. The quantitative estimate of drug-likeness (QED) is 0.666. The van der Waals surface area contributed by atoms with Crippen molar-refractivity contribution in [3.8, 4) is 11.8 Å². The summed E-state index contributed by atoms with van der Waals surface area (Å²) in [6.07, 6.45) is 3.38. The molecule has 0 saturated carbocycles. The van der Waals surface area contributed by atoms with Crippen molar-refractivity contribution in [3.05, 3.63) is 0 Å². The SMILES string of the molecule is CC1(C)CCC[C@@](C)(C#CCN2CCOCC2)O1. The first-order valence-corrected chi connectivity index (χ1v) is 6.99. The lowest BCUT2D eigenvalue weighted by atomic mass is 9.88. The maximum Gasteiger partial charge on any atom is 0.126 e. The average molecular weight is 251 g/mol. The second-order valence-electron chi connectivity index (χ2n) is 6.14. The fraction of sp³-hybridized carbons (Fsp3) is 0.867. The van der Waals surface area contributed by atoms with Gasteiger partial charge in [0.25, 0.3) is 0 Å². The molecule has 2 saturated heterocycles. The van der Waals surface area contributed by atoms with Gasteiger partial charge in [0.2, 0.25) is 0 Å². The predicted octanol–water partition coefficient (Wildman–Crippen LogP) is 2.06. The molecule has 0 radical (unpaired) electrons. The Morgan fingerprint density at radius 1 is 1.11 bits per heavy atom. The van der Waals surface area contributed by atoms with Gasteiger partial charge in [-0.3, -0.25) is 4.90 Å². The van der Waals surface area contributed by atoms with Gasteiger partial charge >= 0.3 is 0 Å². The fourth-order valence-corrected chi connectivity index (χ4v) is 2.75. The monoisotopic (exact) mass is 251 g/mol. The molecular formula is C15H25NO2. The van der Waals surface area contributed by atoms with Gasteiger partial charge in [-0.15, -0.1) is 0 Å². The lowest BCUT2D eigenvalue weighted by molar-refractivity contribution is -0.135. The van der Waals surface area contributed by atoms with Crippen LogP contribution in [-0.2, 0) is 9.47 Å². The maximum absolute atomic E-state index is 6.13. The Kier molecular flexibility index (Phi) is 4.32. The highest BCUT2D eigenvalue weighted by molar-refractivity contribution is 5.15. The van der Waals surface area contributed by atoms with E-state index < -0.39 is 0 Å². The molecule has 2 heterocycles. The van der Waals surface area contributed by atoms with E-state index in [4.69, 9.17) is 9.47 Å². The second kappa shape index (κ2) is 5.61. The molecular weight excluding hydrogens is 226 g/mol. The number of nitrogens with zero attached hydrogens (tertiary/aromatic N) is 1. The molecule has 0 bridgehead atoms. The summed E-state index contributed by atoms with van der Waals surface area (Å²) in [4.78, 5) is 2.34. The van der Waals surface area contributed by atoms with E-state index in [9.17, 15) is 0 Å². The van der Waals surface area contributed by atoms with Gasteiger partial charge < -0.3 is 9.47 Å². The largest absolute Gasteiger partial charge is 0.379 e. The van der Waals surface area contributed by atoms with Crippen LogP contribution in [0.3, 0.4) is 0 Å². The smallest absolute Gasteiger partial charge is 0.126 e. The fourth-order valence-electron chi connectivity index (χ4n) is 2.75. The Morgan fingerprint density at radius 2 is 1.83 bits per heavy atom. The highest BCUT2D eigenvalue weighted by Gasteiger charge is 2.35. The predicted molar refractivity (Wildman–Crippen MR) is 72.5 cm³/mol. The minimum atomic E-state index is -0.256. The molecule has 0 aromatic heterocycles. The number of rotatable bonds is 1. The highest BCUT2D eigenvalue weighted by Crippen LogP contribution is 2.34. The van der Waals surface area contributed by atoms with Crippen LogP contribution in [0.15, 0.2) is 0 Å². The lowest BCUT2D eigenvalue weighted by Gasteiger charge is -2.40. The van der Waals surface area contributed by atoms with E-state index in [0.717, 1.165) is 45.7 Å². The summed E-state index contributed by atoms with van der Waals surface area (Å²) < 4.78 is 11.5. The minimum absolute atomic E-state index is 0.0271. The van der Waals surface area contributed by atoms with Gasteiger partial charge in [0.15, 0.2) is 0 Å². The van der Waals surface area contributed by atoms with Crippen LogP contribution in [0, 0.1) is 11.8 Å². The van der Waals surface area contributed by atoms with Gasteiger partial charge in [-0.2, -0.15) is 0 Å². The Labute approximate surface area is 111 Å². The van der Waals surface area contributed by atoms with Crippen molar-refractivity contribution < 1.29 is 9.47 Å². The molecule has 2 rings (SSSR count). The summed E-state index contributed by atoms with van der Waals surface area (Å²) in [5.41, 5.74) is -0.283. The average Bonchev–Trinajstić information content (AvgIpc) is 2.28. The number of ether oxygens (including phenoxy) is 2. The molecule has 1 atom stereocenters. The zero-order valence-electron chi connectivity index (χ0n) is 11.9. The second-order valence-corrected chi connectivity index (χ2v) is 6.14. The molecule has 2 aliphatic rings. The molecule has 2 fully saturated rings. The van der Waals surface area contributed by atoms with Gasteiger partial charge in [-0.1, -0.05) is 11.8 Å². The van der Waals surface area contributed by atoms with Crippen molar-refractivity contribution in [2.45, 2.75) is 51.2 Å². The molecule has 3 heteroatoms. The maximum atomic E-state index is 6.13. The summed E-state index contributed by atoms with van der Waals surface area (Å²) in [7, 11) is 0. The Morgan fingerprint density at radius 3 is 2.50 bits per heavy atom. The first kappa shape index (κ1) is 13.9. The summed E-state index contributed by atoms with van der Waals surface area (Å²) in [5, 5.41) is 0. The van der Waals surface area contributed by atoms with Crippen LogP contribution in [0.1, 0.15) is 40.0 Å². The minimum Gasteiger partial charge on any atom is -0.379 e. The molecule has 3 nitrogen and oxygen atoms in total. The lowest BCUT2D eigenvalue weighted by Crippen LogP contribution is -2.42. The van der Waals surface area contributed by atoms with Crippen molar-refractivity contribution in [2.24, 2.45) is 0 Å². The standard InChI is InChI=1S/C15H25NO2/c1-14(2)6-4-7-15(3,18-14)8-5-9-16-10-12-17-13-11-16/h4,6-7,9-13H2,1-3H3/t15-/m0/s1. The van der Waals surface area contributed by atoms with Gasteiger partial charge in [0.1, 0.15) is 5.60 Å². The van der Waals surface area contributed by atoms with Crippen LogP contribution in [0.25, 0.3) is 0 Å². The zero-order valence-corrected chi connectivity index (χ0v) is 11.9. The van der Waals surface area contributed by atoms with Crippen molar-refractivity contribution in [1.29, 1.82) is 0 Å². The normalized spacial score (nSPS) is 32.6. The molecule has 102 valence electrons. The van der Waals surface area contributed by atoms with Crippen LogP contribution >= 0.6 is 0 Å². The summed E-state index contributed by atoms with van der Waals surface area (Å²) in [5.74, 6) is 6.64. The van der Waals surface area contributed by atoms with E-state index in [1.54, 1.807) is 0 Å². The van der Waals surface area contributed by atoms with Crippen LogP contribution in [0.2, 0.25) is 0 Å². The summed E-state index contributed by atoms with van der Waals surface area (Å²) in [6.45, 7) is 10.9. The third-order valence-corrected chi connectivity index (χ3v) is 3.69. The van der Waals surface area contributed by atoms with E-state index in [2.05, 4.69) is 37.5 Å². The molecule has 0 spiro atoms. The van der Waals surface area contributed by atoms with Gasteiger partial charge in [-0.25, -0.2) is 0 Å². The van der Waals surface area contributed by atoms with Gasteiger partial charge in [0, 0.05) is 13.1 Å². The summed E-state index contributed by atoms with van der Waals surface area (Å²) in [6, 6.07) is 0. The third-order valence-electron chi connectivity index (χ3n) is 3.69. The van der Waals surface area contributed by atoms with Gasteiger partial charge in [-0.05, 0) is 40.0 Å². The molecule has 0 aromatic carbocycles. The van der Waals surface area contributed by atoms with Crippen LogP contribution in [0.5, 0.6) is 0 Å². The first-order chi connectivity index (χ1) is 8.49. The van der Waals surface area contributed by atoms with Crippen molar-refractivity contribution in [1.82, 2.24) is 4.90 Å². The Bertz CT molecular complexity index is 336. The van der Waals surface area contributed by atoms with E-state index >= 15 is 0 Å². The topological polar surface area (TPSA) is 21.7 Å². The van der Waals surface area contributed by atoms with Gasteiger partial charge in [0.05, 0.1) is 25.4 Å². The molecule has 0 aromatic rings. The molecule has 0 amide bonds. The van der Waals surface area contributed by atoms with E-state index in [-0.39, 0.29) is 11.2 Å². The Balaban J connectivity index is 1.87. The highest BCUT2D eigenvalue weighted by atomic mass is 16.5. The summed E-state index contributed by atoms with van der Waals surface area (Å²) >= 11 is 0. The molecule has 0 unspecified atom stereocenters. The van der Waals surface area contributed by atoms with E-state index in [1.165, 1.54) is 6.42 Å². The van der Waals surface area contributed by atoms with Crippen LogP contribution in [-0.4, -0.2) is 49.0 Å². The van der Waals surface area contributed by atoms with Crippen LogP contribution < -0.4 is 0 Å². The number of hydrogen-bond acceptors (Lipinski definition) is 3.